The lowest BCUT2D eigenvalue weighted by Gasteiger charge is -2.34. The third-order valence-electron chi connectivity index (χ3n) is 12.7. The van der Waals surface area contributed by atoms with Gasteiger partial charge >= 0.3 is 0 Å². The minimum absolute atomic E-state index is 0.457. The SMILES string of the molecule is c1ccc(-c2ccc3cc(N(c4ccc(C5(c6ccccc6)c6ccccc6-c6ccccc65)cc4)c4cccc(-c5ccc6sc7ccccc7c6c5)c4)ccc3c2)cc1. The first-order valence-corrected chi connectivity index (χ1v) is 21.8. The highest BCUT2D eigenvalue weighted by Gasteiger charge is 2.45. The Bertz CT molecular complexity index is 3370. The second kappa shape index (κ2) is 14.3. The molecular formula is C59H39NS. The van der Waals surface area contributed by atoms with Crippen molar-refractivity contribution in [3.05, 3.63) is 259 Å². The second-order valence-corrected chi connectivity index (χ2v) is 17.1. The standard InChI is InChI=1S/C59H39NS/c1-3-14-40(15-4-1)42-26-27-44-38-50(32-28-43(44)36-42)60(49-19-13-16-41(37-49)45-29-35-58-54(39-45)53-22-9-12-25-57(53)61-58)48-33-30-47(31-34-48)59(46-17-5-2-6-18-46)55-23-10-7-20-51(55)52-21-8-11-24-56(52)59/h1-39H. The molecule has 286 valence electrons. The van der Waals surface area contributed by atoms with Gasteiger partial charge in [0.15, 0.2) is 0 Å². The Kier molecular flexibility index (Phi) is 8.33. The van der Waals surface area contributed by atoms with Crippen molar-refractivity contribution in [2.75, 3.05) is 4.90 Å². The Morgan fingerprint density at radius 2 is 0.852 bits per heavy atom. The molecule has 11 aromatic rings. The van der Waals surface area contributed by atoms with Crippen LogP contribution in [-0.2, 0) is 5.41 Å². The van der Waals surface area contributed by atoms with Crippen LogP contribution in [0.25, 0.3) is 64.3 Å². The number of anilines is 3. The normalized spacial score (nSPS) is 12.7. The lowest BCUT2D eigenvalue weighted by atomic mass is 9.68. The third-order valence-corrected chi connectivity index (χ3v) is 13.9. The molecule has 61 heavy (non-hydrogen) atoms. The van der Waals surface area contributed by atoms with Crippen LogP contribution in [0, 0.1) is 0 Å². The summed E-state index contributed by atoms with van der Waals surface area (Å²) in [5, 5.41) is 5.04. The summed E-state index contributed by atoms with van der Waals surface area (Å²) in [4.78, 5) is 2.42. The van der Waals surface area contributed by atoms with Gasteiger partial charge in [0.25, 0.3) is 0 Å². The molecule has 0 saturated heterocycles. The Morgan fingerprint density at radius 3 is 1.64 bits per heavy atom. The monoisotopic (exact) mass is 793 g/mol. The molecule has 0 N–H and O–H groups in total. The van der Waals surface area contributed by atoms with Gasteiger partial charge in [0, 0.05) is 37.2 Å². The molecule has 0 bridgehead atoms. The fraction of sp³-hybridized carbons (Fsp3) is 0.0169. The quantitative estimate of drug-likeness (QED) is 0.155. The van der Waals surface area contributed by atoms with E-state index in [2.05, 4.69) is 241 Å². The second-order valence-electron chi connectivity index (χ2n) is 16.1. The van der Waals surface area contributed by atoms with E-state index in [0.29, 0.717) is 0 Å². The van der Waals surface area contributed by atoms with Crippen molar-refractivity contribution in [1.82, 2.24) is 0 Å². The Hall–Kier alpha value is -7.52. The van der Waals surface area contributed by atoms with E-state index in [0.717, 1.165) is 17.1 Å². The lowest BCUT2D eigenvalue weighted by molar-refractivity contribution is 0.768. The molecule has 1 nitrogen and oxygen atoms in total. The van der Waals surface area contributed by atoms with Crippen LogP contribution in [0.4, 0.5) is 17.1 Å². The van der Waals surface area contributed by atoms with E-state index in [1.807, 2.05) is 11.3 Å². The first-order chi connectivity index (χ1) is 30.2. The Morgan fingerprint density at radius 1 is 0.311 bits per heavy atom. The van der Waals surface area contributed by atoms with Crippen LogP contribution in [0.2, 0.25) is 0 Å². The van der Waals surface area contributed by atoms with Gasteiger partial charge < -0.3 is 4.90 Å². The van der Waals surface area contributed by atoms with Crippen molar-refractivity contribution in [2.24, 2.45) is 0 Å². The fourth-order valence-electron chi connectivity index (χ4n) is 9.93. The summed E-state index contributed by atoms with van der Waals surface area (Å²) in [6, 6.07) is 87.3. The van der Waals surface area contributed by atoms with Gasteiger partial charge in [0.2, 0.25) is 0 Å². The molecule has 0 amide bonds. The molecule has 1 heterocycles. The third kappa shape index (κ3) is 5.75. The van der Waals surface area contributed by atoms with Crippen molar-refractivity contribution in [3.8, 4) is 33.4 Å². The van der Waals surface area contributed by atoms with Crippen LogP contribution in [0.15, 0.2) is 237 Å². The highest BCUT2D eigenvalue weighted by atomic mass is 32.1. The maximum absolute atomic E-state index is 2.42. The molecule has 12 rings (SSSR count). The molecule has 0 aliphatic heterocycles. The predicted octanol–water partition coefficient (Wildman–Crippen LogP) is 16.4. The average molecular weight is 794 g/mol. The molecule has 0 radical (unpaired) electrons. The minimum atomic E-state index is -0.457. The van der Waals surface area contributed by atoms with Crippen LogP contribution in [-0.4, -0.2) is 0 Å². The summed E-state index contributed by atoms with van der Waals surface area (Å²) >= 11 is 1.86. The molecule has 1 aromatic heterocycles. The summed E-state index contributed by atoms with van der Waals surface area (Å²) in [5.41, 5.74) is 15.4. The van der Waals surface area contributed by atoms with Crippen molar-refractivity contribution in [3.63, 3.8) is 0 Å². The highest BCUT2D eigenvalue weighted by molar-refractivity contribution is 7.25. The number of benzene rings is 10. The summed E-state index contributed by atoms with van der Waals surface area (Å²) in [6.45, 7) is 0. The maximum Gasteiger partial charge on any atom is 0.0713 e. The first kappa shape index (κ1) is 35.4. The van der Waals surface area contributed by atoms with E-state index in [4.69, 9.17) is 0 Å². The van der Waals surface area contributed by atoms with Gasteiger partial charge in [-0.15, -0.1) is 11.3 Å². The lowest BCUT2D eigenvalue weighted by Crippen LogP contribution is -2.28. The van der Waals surface area contributed by atoms with Gasteiger partial charge in [-0.1, -0.05) is 176 Å². The van der Waals surface area contributed by atoms with Crippen molar-refractivity contribution < 1.29 is 0 Å². The van der Waals surface area contributed by atoms with Crippen LogP contribution in [0.3, 0.4) is 0 Å². The van der Waals surface area contributed by atoms with Crippen LogP contribution >= 0.6 is 11.3 Å². The number of hydrogen-bond acceptors (Lipinski definition) is 2. The number of thiophene rings is 1. The van der Waals surface area contributed by atoms with Crippen LogP contribution < -0.4 is 4.90 Å². The van der Waals surface area contributed by atoms with Gasteiger partial charge in [-0.05, 0) is 127 Å². The Labute approximate surface area is 360 Å². The van der Waals surface area contributed by atoms with Crippen molar-refractivity contribution in [1.29, 1.82) is 0 Å². The van der Waals surface area contributed by atoms with E-state index in [1.165, 1.54) is 86.6 Å². The van der Waals surface area contributed by atoms with E-state index < -0.39 is 5.41 Å². The van der Waals surface area contributed by atoms with Crippen molar-refractivity contribution >= 4 is 59.3 Å². The average Bonchev–Trinajstić information content (AvgIpc) is 3.86. The zero-order chi connectivity index (χ0) is 40.3. The summed E-state index contributed by atoms with van der Waals surface area (Å²) < 4.78 is 2.64. The van der Waals surface area contributed by atoms with Crippen LogP contribution in [0.1, 0.15) is 22.3 Å². The summed E-state index contributed by atoms with van der Waals surface area (Å²) in [6.07, 6.45) is 0. The topological polar surface area (TPSA) is 3.24 Å². The first-order valence-electron chi connectivity index (χ1n) is 21.0. The van der Waals surface area contributed by atoms with Gasteiger partial charge in [-0.25, -0.2) is 0 Å². The zero-order valence-electron chi connectivity index (χ0n) is 33.4. The molecule has 0 fully saturated rings. The fourth-order valence-corrected chi connectivity index (χ4v) is 11.0. The molecule has 2 heteroatoms. The zero-order valence-corrected chi connectivity index (χ0v) is 34.2. The molecule has 10 aromatic carbocycles. The number of nitrogens with zero attached hydrogens (tertiary/aromatic N) is 1. The highest BCUT2D eigenvalue weighted by Crippen LogP contribution is 2.56. The molecular weight excluding hydrogens is 755 g/mol. The smallest absolute Gasteiger partial charge is 0.0713 e. The van der Waals surface area contributed by atoms with E-state index >= 15 is 0 Å². The van der Waals surface area contributed by atoms with E-state index in [1.54, 1.807) is 0 Å². The predicted molar refractivity (Wildman–Crippen MR) is 260 cm³/mol. The molecule has 0 atom stereocenters. The number of fused-ring (bicyclic) bond motifs is 7. The molecule has 0 saturated carbocycles. The molecule has 1 aliphatic rings. The minimum Gasteiger partial charge on any atom is -0.310 e. The largest absolute Gasteiger partial charge is 0.310 e. The van der Waals surface area contributed by atoms with Gasteiger partial charge in [-0.2, -0.15) is 0 Å². The van der Waals surface area contributed by atoms with Crippen LogP contribution in [0.5, 0.6) is 0 Å². The van der Waals surface area contributed by atoms with E-state index in [-0.39, 0.29) is 0 Å². The number of hydrogen-bond donors (Lipinski definition) is 0. The van der Waals surface area contributed by atoms with Gasteiger partial charge in [0.1, 0.15) is 0 Å². The van der Waals surface area contributed by atoms with Gasteiger partial charge in [0.05, 0.1) is 5.41 Å². The van der Waals surface area contributed by atoms with Gasteiger partial charge in [-0.3, -0.25) is 0 Å². The van der Waals surface area contributed by atoms with E-state index in [9.17, 15) is 0 Å². The number of rotatable bonds is 7. The Balaban J connectivity index is 1.02. The summed E-state index contributed by atoms with van der Waals surface area (Å²) in [5.74, 6) is 0. The molecule has 1 aliphatic carbocycles. The molecule has 0 spiro atoms. The maximum atomic E-state index is 2.42. The summed E-state index contributed by atoms with van der Waals surface area (Å²) in [7, 11) is 0. The van der Waals surface area contributed by atoms with Crippen molar-refractivity contribution in [2.45, 2.75) is 5.41 Å². The molecule has 0 unspecified atom stereocenters.